The first-order valence-corrected chi connectivity index (χ1v) is 10.5. The number of rotatable bonds is 7. The van der Waals surface area contributed by atoms with E-state index in [2.05, 4.69) is 10.3 Å². The number of H-pyrrole nitrogens is 1. The van der Waals surface area contributed by atoms with Gasteiger partial charge >= 0.3 is 12.4 Å². The molecule has 1 aliphatic heterocycles. The summed E-state index contributed by atoms with van der Waals surface area (Å²) >= 11 is 0. The number of amides is 1. The number of aromatic amines is 1. The smallest absolute Gasteiger partial charge is 0.416 e. The summed E-state index contributed by atoms with van der Waals surface area (Å²) in [5.41, 5.74) is 1.21. The lowest BCUT2D eigenvalue weighted by atomic mass is 9.99. The van der Waals surface area contributed by atoms with Crippen molar-refractivity contribution in [1.82, 2.24) is 9.88 Å². The van der Waals surface area contributed by atoms with E-state index >= 15 is 0 Å². The lowest BCUT2D eigenvalue weighted by Crippen LogP contribution is -2.54. The molecule has 1 aromatic heterocycles. The van der Waals surface area contributed by atoms with Crippen molar-refractivity contribution in [3.8, 4) is 5.75 Å². The number of halogens is 6. The summed E-state index contributed by atoms with van der Waals surface area (Å²) in [4.78, 5) is 16.6. The molecule has 2 aromatic carbocycles. The number of benzene rings is 2. The number of anilines is 1. The monoisotopic (exact) mass is 485 g/mol. The molecule has 182 valence electrons. The van der Waals surface area contributed by atoms with Crippen molar-refractivity contribution >= 4 is 22.5 Å². The van der Waals surface area contributed by atoms with Gasteiger partial charge in [0.1, 0.15) is 5.75 Å². The zero-order valence-corrected chi connectivity index (χ0v) is 17.8. The highest BCUT2D eigenvalue weighted by atomic mass is 19.4. The molecule has 5 nitrogen and oxygen atoms in total. The molecule has 0 spiro atoms. The second-order valence-corrected chi connectivity index (χ2v) is 8.20. The van der Waals surface area contributed by atoms with Gasteiger partial charge in [-0.15, -0.1) is 0 Å². The molecule has 1 saturated heterocycles. The first-order valence-electron chi connectivity index (χ1n) is 10.5. The number of nitrogens with one attached hydrogen (secondary N) is 2. The van der Waals surface area contributed by atoms with Crippen molar-refractivity contribution < 1.29 is 35.9 Å². The number of nitrogens with zero attached hydrogens (tertiary/aromatic N) is 1. The molecule has 0 bridgehead atoms. The van der Waals surface area contributed by atoms with Gasteiger partial charge in [-0.1, -0.05) is 12.1 Å². The standard InChI is InChI=1S/C23H21F6N3O2/c24-22(25,26)13-32-11-15(12-32)21(33)31-20-10-30-19-6-5-17(9-18(19)20)34-8-7-14-1-3-16(4-2-14)23(27,28)29/h1-6,9-10,15,30H,7-8,11-13H2,(H,31,33). The maximum atomic E-state index is 12.7. The molecule has 2 N–H and O–H groups in total. The Balaban J connectivity index is 1.32. The van der Waals surface area contributed by atoms with E-state index in [9.17, 15) is 31.1 Å². The van der Waals surface area contributed by atoms with Crippen molar-refractivity contribution in [3.63, 3.8) is 0 Å². The summed E-state index contributed by atoms with van der Waals surface area (Å²) in [7, 11) is 0. The van der Waals surface area contributed by atoms with Gasteiger partial charge in [-0.3, -0.25) is 9.69 Å². The summed E-state index contributed by atoms with van der Waals surface area (Å²) in [5, 5.41) is 3.42. The predicted molar refractivity (Wildman–Crippen MR) is 114 cm³/mol. The number of fused-ring (bicyclic) bond motifs is 1. The molecule has 34 heavy (non-hydrogen) atoms. The fourth-order valence-electron chi connectivity index (χ4n) is 3.79. The van der Waals surface area contributed by atoms with Crippen LogP contribution in [0.25, 0.3) is 10.9 Å². The Morgan fingerprint density at radius 2 is 1.76 bits per heavy atom. The fraction of sp³-hybridized carbons (Fsp3) is 0.348. The minimum atomic E-state index is -4.38. The molecular weight excluding hydrogens is 464 g/mol. The van der Waals surface area contributed by atoms with Gasteiger partial charge in [-0.25, -0.2) is 0 Å². The van der Waals surface area contributed by atoms with Gasteiger partial charge in [0.15, 0.2) is 0 Å². The second kappa shape index (κ2) is 9.21. The fourth-order valence-corrected chi connectivity index (χ4v) is 3.79. The topological polar surface area (TPSA) is 57.4 Å². The van der Waals surface area contributed by atoms with Gasteiger partial charge in [0, 0.05) is 36.6 Å². The Bertz CT molecular complexity index is 1150. The van der Waals surface area contributed by atoms with Crippen LogP contribution in [-0.2, 0) is 17.4 Å². The van der Waals surface area contributed by atoms with Crippen molar-refractivity contribution in [1.29, 1.82) is 0 Å². The highest BCUT2D eigenvalue weighted by molar-refractivity contribution is 6.03. The number of ether oxygens (including phenoxy) is 1. The summed E-state index contributed by atoms with van der Waals surface area (Å²) in [6.07, 6.45) is -6.67. The van der Waals surface area contributed by atoms with Crippen LogP contribution >= 0.6 is 0 Å². The summed E-state index contributed by atoms with van der Waals surface area (Å²) in [6, 6.07) is 10.1. The number of carbonyl (C=O) groups is 1. The van der Waals surface area contributed by atoms with E-state index in [0.717, 1.165) is 17.6 Å². The quantitative estimate of drug-likeness (QED) is 0.450. The van der Waals surface area contributed by atoms with Crippen molar-refractivity contribution in [3.05, 3.63) is 59.8 Å². The predicted octanol–water partition coefficient (Wildman–Crippen LogP) is 5.24. The lowest BCUT2D eigenvalue weighted by Gasteiger charge is -2.38. The van der Waals surface area contributed by atoms with E-state index in [4.69, 9.17) is 4.74 Å². The third kappa shape index (κ3) is 5.82. The summed E-state index contributed by atoms with van der Waals surface area (Å²) < 4.78 is 80.9. The molecule has 0 saturated carbocycles. The Morgan fingerprint density at radius 3 is 2.41 bits per heavy atom. The van der Waals surface area contributed by atoms with Gasteiger partial charge in [0.25, 0.3) is 0 Å². The van der Waals surface area contributed by atoms with Crippen LogP contribution in [0.4, 0.5) is 32.0 Å². The van der Waals surface area contributed by atoms with E-state index < -0.39 is 30.4 Å². The van der Waals surface area contributed by atoms with Crippen LogP contribution in [-0.4, -0.2) is 48.2 Å². The first kappa shape index (κ1) is 23.9. The average Bonchev–Trinajstić information content (AvgIpc) is 3.11. The highest BCUT2D eigenvalue weighted by Crippen LogP contribution is 2.30. The van der Waals surface area contributed by atoms with Crippen LogP contribution in [0.5, 0.6) is 5.75 Å². The number of alkyl halides is 6. The Hall–Kier alpha value is -3.21. The van der Waals surface area contributed by atoms with Crippen molar-refractivity contribution in [2.45, 2.75) is 18.8 Å². The van der Waals surface area contributed by atoms with E-state index in [-0.39, 0.29) is 25.6 Å². The SMILES string of the molecule is O=C(Nc1c[nH]c2ccc(OCCc3ccc(C(F)(F)F)cc3)cc12)C1CN(CC(F)(F)F)C1. The molecule has 2 heterocycles. The van der Waals surface area contributed by atoms with Crippen molar-refractivity contribution in [2.75, 3.05) is 31.6 Å². The molecule has 0 unspecified atom stereocenters. The van der Waals surface area contributed by atoms with Crippen LogP contribution in [0.15, 0.2) is 48.7 Å². The molecule has 0 radical (unpaired) electrons. The molecule has 0 atom stereocenters. The third-order valence-corrected chi connectivity index (χ3v) is 5.58. The molecule has 0 aliphatic carbocycles. The zero-order valence-electron chi connectivity index (χ0n) is 17.8. The first-order chi connectivity index (χ1) is 16.0. The van der Waals surface area contributed by atoms with Gasteiger partial charge in [0.2, 0.25) is 5.91 Å². The molecule has 3 aromatic rings. The Kier molecular flexibility index (Phi) is 6.48. The molecular formula is C23H21F6N3O2. The van der Waals surface area contributed by atoms with Gasteiger partial charge in [-0.2, -0.15) is 26.3 Å². The van der Waals surface area contributed by atoms with E-state index in [1.807, 2.05) is 0 Å². The number of hydrogen-bond acceptors (Lipinski definition) is 3. The highest BCUT2D eigenvalue weighted by Gasteiger charge is 2.39. The Morgan fingerprint density at radius 1 is 1.06 bits per heavy atom. The number of hydrogen-bond donors (Lipinski definition) is 2. The largest absolute Gasteiger partial charge is 0.493 e. The molecule has 4 rings (SSSR count). The summed E-state index contributed by atoms with van der Waals surface area (Å²) in [6.45, 7) is -0.699. The number of likely N-dealkylation sites (tertiary alicyclic amines) is 1. The van der Waals surface area contributed by atoms with E-state index in [1.165, 1.54) is 17.0 Å². The van der Waals surface area contributed by atoms with Crippen molar-refractivity contribution in [2.24, 2.45) is 5.92 Å². The van der Waals surface area contributed by atoms with Gasteiger partial charge in [0.05, 0.1) is 30.3 Å². The molecule has 1 fully saturated rings. The van der Waals surface area contributed by atoms with E-state index in [0.29, 0.717) is 28.8 Å². The molecule has 1 aliphatic rings. The maximum Gasteiger partial charge on any atom is 0.416 e. The van der Waals surface area contributed by atoms with Gasteiger partial charge in [-0.05, 0) is 35.9 Å². The van der Waals surface area contributed by atoms with E-state index in [1.54, 1.807) is 24.4 Å². The van der Waals surface area contributed by atoms with Crippen LogP contribution in [0.1, 0.15) is 11.1 Å². The van der Waals surface area contributed by atoms with Crippen LogP contribution in [0.2, 0.25) is 0 Å². The minimum Gasteiger partial charge on any atom is -0.493 e. The number of carbonyl (C=O) groups excluding carboxylic acids is 1. The van der Waals surface area contributed by atoms with Crippen LogP contribution in [0.3, 0.4) is 0 Å². The van der Waals surface area contributed by atoms with Crippen LogP contribution < -0.4 is 10.1 Å². The minimum absolute atomic E-state index is 0.0476. The normalized spacial score (nSPS) is 15.4. The summed E-state index contributed by atoms with van der Waals surface area (Å²) in [5.74, 6) is -0.363. The lowest BCUT2D eigenvalue weighted by molar-refractivity contribution is -0.162. The Labute approximate surface area is 190 Å². The van der Waals surface area contributed by atoms with Gasteiger partial charge < -0.3 is 15.0 Å². The average molecular weight is 485 g/mol. The third-order valence-electron chi connectivity index (χ3n) is 5.58. The van der Waals surface area contributed by atoms with Crippen LogP contribution in [0, 0.1) is 5.92 Å². The number of aromatic nitrogens is 1. The maximum absolute atomic E-state index is 12.7. The molecule has 11 heteroatoms. The second-order valence-electron chi connectivity index (χ2n) is 8.20. The zero-order chi connectivity index (χ0) is 24.5. The molecule has 1 amide bonds.